The molecule has 1 aliphatic heterocycles. The van der Waals surface area contributed by atoms with Gasteiger partial charge in [-0.05, 0) is 43.7 Å². The van der Waals surface area contributed by atoms with Gasteiger partial charge < -0.3 is 25.7 Å². The third-order valence-electron chi connectivity index (χ3n) is 6.97. The minimum atomic E-state index is -0.896. The van der Waals surface area contributed by atoms with E-state index in [1.807, 2.05) is 51.1 Å². The van der Waals surface area contributed by atoms with Gasteiger partial charge in [-0.3, -0.25) is 23.9 Å². The molecule has 3 aromatic rings. The third kappa shape index (κ3) is 7.59. The average molecular weight is 564 g/mol. The molecule has 3 heterocycles. The summed E-state index contributed by atoms with van der Waals surface area (Å²) in [5.41, 5.74) is 1.38. The number of carbonyl (C=O) groups excluding carboxylic acids is 4. The molecule has 0 unspecified atom stereocenters. The van der Waals surface area contributed by atoms with Gasteiger partial charge in [-0.2, -0.15) is 5.10 Å². The molecule has 2 bridgehead atoms. The van der Waals surface area contributed by atoms with E-state index >= 15 is 0 Å². The van der Waals surface area contributed by atoms with Crippen molar-refractivity contribution >= 4 is 23.6 Å². The van der Waals surface area contributed by atoms with Crippen molar-refractivity contribution in [3.8, 4) is 0 Å². The first-order chi connectivity index (χ1) is 19.8. The van der Waals surface area contributed by atoms with E-state index in [2.05, 4.69) is 31.3 Å². The van der Waals surface area contributed by atoms with Crippen molar-refractivity contribution in [1.82, 2.24) is 36.0 Å². The van der Waals surface area contributed by atoms with Crippen LogP contribution in [0.1, 0.15) is 78.5 Å². The zero-order valence-corrected chi connectivity index (χ0v) is 23.6. The molecule has 4 rings (SSSR count). The maximum absolute atomic E-state index is 13.6. The smallest absolute Gasteiger partial charge is 0.273 e. The number of fused-ring (bicyclic) bond motifs is 2. The maximum atomic E-state index is 13.6. The van der Waals surface area contributed by atoms with Gasteiger partial charge in [0, 0.05) is 25.7 Å². The average Bonchev–Trinajstić information content (AvgIpc) is 3.64. The van der Waals surface area contributed by atoms with Crippen molar-refractivity contribution in [3.05, 3.63) is 71.7 Å². The summed E-state index contributed by atoms with van der Waals surface area (Å²) in [6.45, 7) is 6.38. The van der Waals surface area contributed by atoms with Crippen LogP contribution < -0.4 is 21.3 Å². The van der Waals surface area contributed by atoms with Crippen LogP contribution in [0.15, 0.2) is 53.3 Å². The molecule has 0 spiro atoms. The maximum Gasteiger partial charge on any atom is 0.273 e. The lowest BCUT2D eigenvalue weighted by atomic mass is 10.00. The number of carbonyl (C=O) groups is 4. The van der Waals surface area contributed by atoms with Gasteiger partial charge in [0.1, 0.15) is 30.1 Å². The number of amides is 4. The lowest BCUT2D eigenvalue weighted by Gasteiger charge is -2.27. The lowest BCUT2D eigenvalue weighted by molar-refractivity contribution is -0.131. The highest BCUT2D eigenvalue weighted by molar-refractivity contribution is 5.97. The second-order valence-corrected chi connectivity index (χ2v) is 10.4. The standard InChI is InChI=1S/C29H37N7O5/c1-4-36-23(13-15-31-36)27(39)32-20-12-8-9-14-30-25(37)22-17-41-29(34-22)21(16-19-10-6-5-7-11-19)33-28(40)24(18(2)3)35-26(20)38/h5-7,10-11,13,15,17-18,20-21,24H,4,8-9,12,14,16H2,1-3H3,(H,30,37)(H,32,39)(H,33,40)(H,35,38)/t20-,21+,24-/m0/s1. The lowest BCUT2D eigenvalue weighted by Crippen LogP contribution is -2.56. The summed E-state index contributed by atoms with van der Waals surface area (Å²) in [6.07, 6.45) is 4.58. The predicted molar refractivity (Wildman–Crippen MR) is 150 cm³/mol. The zero-order valence-electron chi connectivity index (χ0n) is 23.6. The third-order valence-corrected chi connectivity index (χ3v) is 6.97. The molecule has 0 fully saturated rings. The van der Waals surface area contributed by atoms with Gasteiger partial charge in [0.2, 0.25) is 17.7 Å². The molecule has 0 saturated heterocycles. The highest BCUT2D eigenvalue weighted by atomic mass is 16.3. The van der Waals surface area contributed by atoms with Crippen molar-refractivity contribution in [1.29, 1.82) is 0 Å². The number of rotatable bonds is 6. The molecule has 2 aromatic heterocycles. The Kier molecular flexibility index (Phi) is 9.88. The van der Waals surface area contributed by atoms with Gasteiger partial charge in [-0.1, -0.05) is 44.2 Å². The van der Waals surface area contributed by atoms with Crippen molar-refractivity contribution in [2.45, 2.75) is 71.1 Å². The molecule has 12 heteroatoms. The first-order valence-corrected chi connectivity index (χ1v) is 14.0. The molecule has 3 atom stereocenters. The fourth-order valence-corrected chi connectivity index (χ4v) is 4.70. The summed E-state index contributed by atoms with van der Waals surface area (Å²) in [7, 11) is 0. The molecule has 4 N–H and O–H groups in total. The van der Waals surface area contributed by atoms with E-state index in [4.69, 9.17) is 4.42 Å². The Morgan fingerprint density at radius 2 is 1.88 bits per heavy atom. The quantitative estimate of drug-likeness (QED) is 0.357. The summed E-state index contributed by atoms with van der Waals surface area (Å²) in [4.78, 5) is 57.3. The Morgan fingerprint density at radius 3 is 2.61 bits per heavy atom. The Bertz CT molecular complexity index is 1350. The molecule has 0 aliphatic carbocycles. The van der Waals surface area contributed by atoms with Crippen molar-refractivity contribution < 1.29 is 23.6 Å². The van der Waals surface area contributed by atoms with Gasteiger partial charge in [-0.15, -0.1) is 0 Å². The van der Waals surface area contributed by atoms with E-state index in [0.717, 1.165) is 5.56 Å². The van der Waals surface area contributed by atoms with Crippen LogP contribution in [-0.2, 0) is 22.6 Å². The first-order valence-electron chi connectivity index (χ1n) is 14.0. The van der Waals surface area contributed by atoms with Crippen LogP contribution in [0.5, 0.6) is 0 Å². The summed E-state index contributed by atoms with van der Waals surface area (Å²) in [6, 6.07) is 8.61. The highest BCUT2D eigenvalue weighted by Gasteiger charge is 2.32. The zero-order chi connectivity index (χ0) is 29.4. The Morgan fingerprint density at radius 1 is 1.10 bits per heavy atom. The Labute approximate surface area is 238 Å². The van der Waals surface area contributed by atoms with Crippen LogP contribution in [0.3, 0.4) is 0 Å². The molecule has 218 valence electrons. The van der Waals surface area contributed by atoms with Crippen LogP contribution in [0.4, 0.5) is 0 Å². The molecular weight excluding hydrogens is 526 g/mol. The topological polar surface area (TPSA) is 160 Å². The summed E-state index contributed by atoms with van der Waals surface area (Å²) >= 11 is 0. The van der Waals surface area contributed by atoms with Crippen molar-refractivity contribution in [3.63, 3.8) is 0 Å². The van der Waals surface area contributed by atoms with E-state index in [0.29, 0.717) is 44.5 Å². The van der Waals surface area contributed by atoms with Crippen LogP contribution in [0.25, 0.3) is 0 Å². The largest absolute Gasteiger partial charge is 0.446 e. The number of oxazole rings is 1. The van der Waals surface area contributed by atoms with Gasteiger partial charge in [0.05, 0.1) is 0 Å². The van der Waals surface area contributed by atoms with E-state index in [9.17, 15) is 19.2 Å². The molecule has 0 radical (unpaired) electrons. The minimum Gasteiger partial charge on any atom is -0.446 e. The molecule has 12 nitrogen and oxygen atoms in total. The molecule has 4 amide bonds. The van der Waals surface area contributed by atoms with Crippen molar-refractivity contribution in [2.24, 2.45) is 5.92 Å². The van der Waals surface area contributed by atoms with Gasteiger partial charge >= 0.3 is 0 Å². The number of nitrogens with zero attached hydrogens (tertiary/aromatic N) is 3. The van der Waals surface area contributed by atoms with Crippen LogP contribution in [-0.4, -0.2) is 57.0 Å². The number of nitrogens with one attached hydrogen (secondary N) is 4. The minimum absolute atomic E-state index is 0.116. The molecule has 1 aliphatic rings. The SMILES string of the molecule is CCn1nccc1C(=O)N[C@H]1CCCCNC(=O)c2coc(n2)[C@@H](Cc2ccccc2)NC(=O)[C@H](C(C)C)NC1=O. The summed E-state index contributed by atoms with van der Waals surface area (Å²) in [5.74, 6) is -1.81. The molecule has 0 saturated carbocycles. The number of hydrogen-bond donors (Lipinski definition) is 4. The normalized spacial score (nSPS) is 20.7. The van der Waals surface area contributed by atoms with Gasteiger partial charge in [0.25, 0.3) is 11.8 Å². The molecular formula is C29H37N7O5. The second-order valence-electron chi connectivity index (χ2n) is 10.4. The number of aryl methyl sites for hydroxylation is 1. The van der Waals surface area contributed by atoms with Crippen LogP contribution >= 0.6 is 0 Å². The highest BCUT2D eigenvalue weighted by Crippen LogP contribution is 2.20. The number of benzene rings is 1. The fourth-order valence-electron chi connectivity index (χ4n) is 4.70. The van der Waals surface area contributed by atoms with Crippen LogP contribution in [0.2, 0.25) is 0 Å². The van der Waals surface area contributed by atoms with Gasteiger partial charge in [0.15, 0.2) is 5.69 Å². The monoisotopic (exact) mass is 563 g/mol. The number of hydrogen-bond acceptors (Lipinski definition) is 7. The first kappa shape index (κ1) is 29.5. The number of aromatic nitrogens is 3. The Balaban J connectivity index is 1.60. The molecule has 41 heavy (non-hydrogen) atoms. The predicted octanol–water partition coefficient (Wildman–Crippen LogP) is 2.14. The van der Waals surface area contributed by atoms with E-state index < -0.39 is 41.8 Å². The van der Waals surface area contributed by atoms with E-state index in [1.54, 1.807) is 10.7 Å². The molecule has 1 aromatic carbocycles. The van der Waals surface area contributed by atoms with Gasteiger partial charge in [-0.25, -0.2) is 4.98 Å². The fraction of sp³-hybridized carbons (Fsp3) is 0.448. The van der Waals surface area contributed by atoms with Crippen LogP contribution in [0, 0.1) is 5.92 Å². The summed E-state index contributed by atoms with van der Waals surface area (Å²) in [5, 5.41) is 15.6. The van der Waals surface area contributed by atoms with Crippen molar-refractivity contribution in [2.75, 3.05) is 6.54 Å². The Hall–Kier alpha value is -4.48. The van der Waals surface area contributed by atoms with E-state index in [1.165, 1.54) is 12.5 Å². The van der Waals surface area contributed by atoms with E-state index in [-0.39, 0.29) is 17.5 Å². The summed E-state index contributed by atoms with van der Waals surface area (Å²) < 4.78 is 7.19. The second kappa shape index (κ2) is 13.7.